The van der Waals surface area contributed by atoms with Gasteiger partial charge in [-0.3, -0.25) is 4.79 Å². The van der Waals surface area contributed by atoms with Crippen molar-refractivity contribution in [2.75, 3.05) is 13.2 Å². The lowest BCUT2D eigenvalue weighted by molar-refractivity contribution is -0.125. The lowest BCUT2D eigenvalue weighted by Gasteiger charge is -2.05. The van der Waals surface area contributed by atoms with Crippen LogP contribution in [0.25, 0.3) is 0 Å². The van der Waals surface area contributed by atoms with Gasteiger partial charge in [0.2, 0.25) is 5.91 Å². The van der Waals surface area contributed by atoms with Crippen molar-refractivity contribution >= 4 is 5.91 Å². The summed E-state index contributed by atoms with van der Waals surface area (Å²) in [5, 5.41) is 2.70. The first-order valence-corrected chi connectivity index (χ1v) is 5.21. The second-order valence-electron chi connectivity index (χ2n) is 3.71. The molecular formula is C13H17NO2. The summed E-state index contributed by atoms with van der Waals surface area (Å²) < 4.78 is 5.27. The summed E-state index contributed by atoms with van der Waals surface area (Å²) in [6, 6.07) is 9.76. The predicted octanol–water partition coefficient (Wildman–Crippen LogP) is 1.90. The molecule has 0 atom stereocenters. The molecule has 1 amide bonds. The molecule has 0 saturated heterocycles. The highest BCUT2D eigenvalue weighted by Crippen LogP contribution is 1.99. The van der Waals surface area contributed by atoms with Crippen LogP contribution in [0.3, 0.4) is 0 Å². The third-order valence-corrected chi connectivity index (χ3v) is 1.93. The Morgan fingerprint density at radius 2 is 2.06 bits per heavy atom. The molecule has 0 fully saturated rings. The lowest BCUT2D eigenvalue weighted by Crippen LogP contribution is -2.28. The number of carbonyl (C=O) groups is 1. The minimum Gasteiger partial charge on any atom is -0.367 e. The zero-order valence-electron chi connectivity index (χ0n) is 9.53. The van der Waals surface area contributed by atoms with E-state index in [1.807, 2.05) is 37.3 Å². The number of rotatable bonds is 6. The van der Waals surface area contributed by atoms with Gasteiger partial charge in [0.25, 0.3) is 0 Å². The summed E-state index contributed by atoms with van der Waals surface area (Å²) in [5.74, 6) is -0.112. The number of hydrogen-bond donors (Lipinski definition) is 1. The third kappa shape index (κ3) is 5.32. The summed E-state index contributed by atoms with van der Waals surface area (Å²) >= 11 is 0. The van der Waals surface area contributed by atoms with Gasteiger partial charge in [-0.15, -0.1) is 0 Å². The normalized spacial score (nSPS) is 9.81. The standard InChI is InChI=1S/C13H17NO2/c1-11(2)8-14-13(15)10-16-9-12-6-4-3-5-7-12/h3-7H,1,8-10H2,2H3,(H,14,15). The third-order valence-electron chi connectivity index (χ3n) is 1.93. The van der Waals surface area contributed by atoms with Crippen molar-refractivity contribution in [2.45, 2.75) is 13.5 Å². The van der Waals surface area contributed by atoms with Crippen LogP contribution in [-0.4, -0.2) is 19.1 Å². The van der Waals surface area contributed by atoms with E-state index in [9.17, 15) is 4.79 Å². The van der Waals surface area contributed by atoms with Crippen LogP contribution in [-0.2, 0) is 16.1 Å². The predicted molar refractivity (Wildman–Crippen MR) is 63.9 cm³/mol. The van der Waals surface area contributed by atoms with E-state index in [0.29, 0.717) is 13.2 Å². The second-order valence-corrected chi connectivity index (χ2v) is 3.71. The Morgan fingerprint density at radius 1 is 1.38 bits per heavy atom. The van der Waals surface area contributed by atoms with Crippen LogP contribution < -0.4 is 5.32 Å². The molecule has 16 heavy (non-hydrogen) atoms. The maximum atomic E-state index is 11.3. The van der Waals surface area contributed by atoms with E-state index in [1.54, 1.807) is 0 Å². The van der Waals surface area contributed by atoms with Crippen molar-refractivity contribution in [1.29, 1.82) is 0 Å². The Kier molecular flexibility index (Phi) is 5.29. The van der Waals surface area contributed by atoms with Crippen LogP contribution in [0.5, 0.6) is 0 Å². The molecule has 0 spiro atoms. The van der Waals surface area contributed by atoms with Gasteiger partial charge >= 0.3 is 0 Å². The van der Waals surface area contributed by atoms with Crippen LogP contribution in [0.2, 0.25) is 0 Å². The fraction of sp³-hybridized carbons (Fsp3) is 0.308. The van der Waals surface area contributed by atoms with E-state index in [4.69, 9.17) is 4.74 Å². The average Bonchev–Trinajstić information content (AvgIpc) is 2.28. The lowest BCUT2D eigenvalue weighted by atomic mass is 10.2. The first-order chi connectivity index (χ1) is 7.68. The number of ether oxygens (including phenoxy) is 1. The number of amides is 1. The van der Waals surface area contributed by atoms with Gasteiger partial charge in [-0.1, -0.05) is 42.5 Å². The smallest absolute Gasteiger partial charge is 0.246 e. The molecule has 0 aliphatic heterocycles. The first kappa shape index (κ1) is 12.5. The van der Waals surface area contributed by atoms with E-state index < -0.39 is 0 Å². The molecule has 0 unspecified atom stereocenters. The molecule has 0 aliphatic rings. The van der Waals surface area contributed by atoms with Crippen molar-refractivity contribution < 1.29 is 9.53 Å². The molecule has 0 aliphatic carbocycles. The Morgan fingerprint density at radius 3 is 2.69 bits per heavy atom. The Balaban J connectivity index is 2.16. The van der Waals surface area contributed by atoms with Gasteiger partial charge in [-0.05, 0) is 12.5 Å². The maximum Gasteiger partial charge on any atom is 0.246 e. The highest BCUT2D eigenvalue weighted by Gasteiger charge is 2.00. The van der Waals surface area contributed by atoms with E-state index in [1.165, 1.54) is 0 Å². The van der Waals surface area contributed by atoms with Crippen LogP contribution in [0, 0.1) is 0 Å². The molecule has 0 heterocycles. The minimum atomic E-state index is -0.112. The van der Waals surface area contributed by atoms with Crippen molar-refractivity contribution in [1.82, 2.24) is 5.32 Å². The van der Waals surface area contributed by atoms with Crippen LogP contribution in [0.1, 0.15) is 12.5 Å². The van der Waals surface area contributed by atoms with Crippen LogP contribution in [0.15, 0.2) is 42.5 Å². The van der Waals surface area contributed by atoms with Crippen molar-refractivity contribution in [3.63, 3.8) is 0 Å². The summed E-state index contributed by atoms with van der Waals surface area (Å²) in [5.41, 5.74) is 1.99. The summed E-state index contributed by atoms with van der Waals surface area (Å²) in [6.07, 6.45) is 0. The van der Waals surface area contributed by atoms with Crippen molar-refractivity contribution in [3.05, 3.63) is 48.0 Å². The quantitative estimate of drug-likeness (QED) is 0.742. The molecule has 86 valence electrons. The zero-order chi connectivity index (χ0) is 11.8. The van der Waals surface area contributed by atoms with Gasteiger partial charge in [-0.25, -0.2) is 0 Å². The summed E-state index contributed by atoms with van der Waals surface area (Å²) in [7, 11) is 0. The van der Waals surface area contributed by atoms with Gasteiger partial charge in [0.15, 0.2) is 0 Å². The van der Waals surface area contributed by atoms with E-state index in [2.05, 4.69) is 11.9 Å². The van der Waals surface area contributed by atoms with Crippen LogP contribution >= 0.6 is 0 Å². The Bertz CT molecular complexity index is 346. The number of hydrogen-bond acceptors (Lipinski definition) is 2. The average molecular weight is 219 g/mol. The highest BCUT2D eigenvalue weighted by atomic mass is 16.5. The van der Waals surface area contributed by atoms with Crippen LogP contribution in [0.4, 0.5) is 0 Å². The summed E-state index contributed by atoms with van der Waals surface area (Å²) in [4.78, 5) is 11.3. The molecule has 1 aromatic carbocycles. The second kappa shape index (κ2) is 6.80. The molecular weight excluding hydrogens is 202 g/mol. The molecule has 0 radical (unpaired) electrons. The molecule has 1 N–H and O–H groups in total. The number of benzene rings is 1. The van der Waals surface area contributed by atoms with Gasteiger partial charge < -0.3 is 10.1 Å². The minimum absolute atomic E-state index is 0.0855. The molecule has 1 aromatic rings. The van der Waals surface area contributed by atoms with Gasteiger partial charge in [0.05, 0.1) is 6.61 Å². The van der Waals surface area contributed by atoms with Gasteiger partial charge in [0, 0.05) is 6.54 Å². The maximum absolute atomic E-state index is 11.3. The fourth-order valence-corrected chi connectivity index (χ4v) is 1.14. The van der Waals surface area contributed by atoms with E-state index in [-0.39, 0.29) is 12.5 Å². The Labute approximate surface area is 96.1 Å². The highest BCUT2D eigenvalue weighted by molar-refractivity contribution is 5.77. The van der Waals surface area contributed by atoms with Gasteiger partial charge in [0.1, 0.15) is 6.61 Å². The monoisotopic (exact) mass is 219 g/mol. The van der Waals surface area contributed by atoms with E-state index >= 15 is 0 Å². The van der Waals surface area contributed by atoms with Gasteiger partial charge in [-0.2, -0.15) is 0 Å². The molecule has 3 heteroatoms. The number of carbonyl (C=O) groups excluding carboxylic acids is 1. The van der Waals surface area contributed by atoms with E-state index in [0.717, 1.165) is 11.1 Å². The number of nitrogens with one attached hydrogen (secondary N) is 1. The molecule has 1 rings (SSSR count). The first-order valence-electron chi connectivity index (χ1n) is 5.21. The molecule has 0 saturated carbocycles. The SMILES string of the molecule is C=C(C)CNC(=O)COCc1ccccc1. The fourth-order valence-electron chi connectivity index (χ4n) is 1.14. The topological polar surface area (TPSA) is 38.3 Å². The largest absolute Gasteiger partial charge is 0.367 e. The zero-order valence-corrected chi connectivity index (χ0v) is 9.53. The summed E-state index contributed by atoms with van der Waals surface area (Å²) in [6.45, 7) is 6.62. The molecule has 0 aromatic heterocycles. The molecule has 3 nitrogen and oxygen atoms in total. The molecule has 0 bridgehead atoms. The van der Waals surface area contributed by atoms with Crippen molar-refractivity contribution in [2.24, 2.45) is 0 Å². The van der Waals surface area contributed by atoms with Crippen molar-refractivity contribution in [3.8, 4) is 0 Å². The Hall–Kier alpha value is -1.61.